The first-order chi connectivity index (χ1) is 16.4. The van der Waals surface area contributed by atoms with Crippen LogP contribution in [0.25, 0.3) is 0 Å². The minimum Gasteiger partial charge on any atom is -0.467 e. The molecule has 1 atom stereocenters. The standard InChI is InChI=1S/C25H29N3O5S/c1-2-10-23(25(30)26-17-20-11-5-3-6-12-20)28(19-21-13-9-16-33-21)24(29)18-27-34(31,32)22-14-7-4-8-15-22/h3-9,11-16,23,27H,2,10,17-19H2,1H3,(H,26,30)/t23-/m0/s1. The van der Waals surface area contributed by atoms with E-state index in [1.165, 1.54) is 23.3 Å². The molecule has 1 aromatic heterocycles. The second-order valence-corrected chi connectivity index (χ2v) is 9.51. The Morgan fingerprint density at radius 1 is 0.971 bits per heavy atom. The van der Waals surface area contributed by atoms with Crippen molar-refractivity contribution in [2.75, 3.05) is 6.54 Å². The summed E-state index contributed by atoms with van der Waals surface area (Å²) in [6.07, 6.45) is 2.56. The van der Waals surface area contributed by atoms with Gasteiger partial charge in [0, 0.05) is 6.54 Å². The van der Waals surface area contributed by atoms with Crippen LogP contribution in [0.1, 0.15) is 31.1 Å². The summed E-state index contributed by atoms with van der Waals surface area (Å²) in [5.74, 6) is -0.336. The molecule has 0 saturated heterocycles. The van der Waals surface area contributed by atoms with Gasteiger partial charge in [0.05, 0.1) is 24.2 Å². The van der Waals surface area contributed by atoms with Crippen molar-refractivity contribution in [3.05, 3.63) is 90.4 Å². The van der Waals surface area contributed by atoms with Gasteiger partial charge in [0.2, 0.25) is 21.8 Å². The Morgan fingerprint density at radius 2 is 1.65 bits per heavy atom. The molecule has 0 fully saturated rings. The molecule has 0 radical (unpaired) electrons. The van der Waals surface area contributed by atoms with Crippen molar-refractivity contribution in [2.24, 2.45) is 0 Å². The third-order valence-electron chi connectivity index (χ3n) is 5.24. The number of furan rings is 1. The van der Waals surface area contributed by atoms with E-state index < -0.39 is 28.5 Å². The smallest absolute Gasteiger partial charge is 0.243 e. The second kappa shape index (κ2) is 12.2. The number of amides is 2. The van der Waals surface area contributed by atoms with Crippen molar-refractivity contribution in [3.63, 3.8) is 0 Å². The molecule has 0 bridgehead atoms. The Bertz CT molecular complexity index is 1150. The van der Waals surface area contributed by atoms with Crippen LogP contribution in [-0.2, 0) is 32.7 Å². The number of carbonyl (C=O) groups is 2. The summed E-state index contributed by atoms with van der Waals surface area (Å²) in [7, 11) is -3.88. The minimum atomic E-state index is -3.88. The van der Waals surface area contributed by atoms with Crippen LogP contribution in [-0.4, -0.2) is 37.7 Å². The highest BCUT2D eigenvalue weighted by Crippen LogP contribution is 2.15. The summed E-state index contributed by atoms with van der Waals surface area (Å²) in [4.78, 5) is 27.8. The number of carbonyl (C=O) groups excluding carboxylic acids is 2. The van der Waals surface area contributed by atoms with E-state index in [2.05, 4.69) is 10.0 Å². The summed E-state index contributed by atoms with van der Waals surface area (Å²) >= 11 is 0. The summed E-state index contributed by atoms with van der Waals surface area (Å²) in [6, 6.07) is 19.9. The molecule has 3 rings (SSSR count). The third-order valence-corrected chi connectivity index (χ3v) is 6.66. The van der Waals surface area contributed by atoms with Gasteiger partial charge in [0.1, 0.15) is 11.8 Å². The molecule has 180 valence electrons. The SMILES string of the molecule is CCC[C@@H](C(=O)NCc1ccccc1)N(Cc1ccco1)C(=O)CNS(=O)(=O)c1ccccc1. The molecule has 0 spiro atoms. The average molecular weight is 484 g/mol. The molecular weight excluding hydrogens is 454 g/mol. The van der Waals surface area contributed by atoms with Gasteiger partial charge in [0.15, 0.2) is 0 Å². The van der Waals surface area contributed by atoms with E-state index in [0.29, 0.717) is 25.1 Å². The van der Waals surface area contributed by atoms with Crippen LogP contribution in [0.15, 0.2) is 88.4 Å². The van der Waals surface area contributed by atoms with E-state index in [4.69, 9.17) is 4.42 Å². The van der Waals surface area contributed by atoms with Gasteiger partial charge in [-0.15, -0.1) is 0 Å². The first-order valence-electron chi connectivity index (χ1n) is 11.1. The van der Waals surface area contributed by atoms with Gasteiger partial charge >= 0.3 is 0 Å². The van der Waals surface area contributed by atoms with Gasteiger partial charge < -0.3 is 14.6 Å². The number of sulfonamides is 1. The van der Waals surface area contributed by atoms with Crippen LogP contribution in [0.2, 0.25) is 0 Å². The monoisotopic (exact) mass is 483 g/mol. The van der Waals surface area contributed by atoms with E-state index in [1.54, 1.807) is 30.3 Å². The average Bonchev–Trinajstić information content (AvgIpc) is 3.38. The van der Waals surface area contributed by atoms with Crippen LogP contribution in [0.4, 0.5) is 0 Å². The predicted molar refractivity (Wildman–Crippen MR) is 128 cm³/mol. The molecule has 3 aromatic rings. The number of nitrogens with zero attached hydrogens (tertiary/aromatic N) is 1. The maximum absolute atomic E-state index is 13.2. The highest BCUT2D eigenvalue weighted by molar-refractivity contribution is 7.89. The quantitative estimate of drug-likeness (QED) is 0.412. The molecule has 0 aliphatic rings. The molecular formula is C25H29N3O5S. The zero-order chi connectivity index (χ0) is 24.4. The van der Waals surface area contributed by atoms with Crippen LogP contribution in [0.3, 0.4) is 0 Å². The van der Waals surface area contributed by atoms with Crippen LogP contribution >= 0.6 is 0 Å². The molecule has 0 unspecified atom stereocenters. The van der Waals surface area contributed by atoms with E-state index in [0.717, 1.165) is 5.56 Å². The molecule has 0 aliphatic heterocycles. The van der Waals surface area contributed by atoms with Crippen LogP contribution in [0.5, 0.6) is 0 Å². The molecule has 1 heterocycles. The van der Waals surface area contributed by atoms with Gasteiger partial charge in [-0.25, -0.2) is 13.1 Å². The molecule has 0 saturated carbocycles. The lowest BCUT2D eigenvalue weighted by atomic mass is 10.1. The minimum absolute atomic E-state index is 0.0440. The molecule has 0 aliphatic carbocycles. The number of hydrogen-bond donors (Lipinski definition) is 2. The van der Waals surface area contributed by atoms with Crippen molar-refractivity contribution in [1.29, 1.82) is 0 Å². The molecule has 34 heavy (non-hydrogen) atoms. The van der Waals surface area contributed by atoms with Gasteiger partial charge in [-0.3, -0.25) is 9.59 Å². The number of rotatable bonds is 12. The van der Waals surface area contributed by atoms with Crippen molar-refractivity contribution < 1.29 is 22.4 Å². The maximum atomic E-state index is 13.2. The van der Waals surface area contributed by atoms with Crippen molar-refractivity contribution in [1.82, 2.24) is 14.9 Å². The highest BCUT2D eigenvalue weighted by Gasteiger charge is 2.30. The Hall–Kier alpha value is -3.43. The summed E-state index contributed by atoms with van der Waals surface area (Å²) in [6.45, 7) is 1.81. The first kappa shape index (κ1) is 25.2. The summed E-state index contributed by atoms with van der Waals surface area (Å²) in [5.41, 5.74) is 0.936. The number of hydrogen-bond acceptors (Lipinski definition) is 5. The maximum Gasteiger partial charge on any atom is 0.243 e. The lowest BCUT2D eigenvalue weighted by Gasteiger charge is -2.30. The molecule has 8 nitrogen and oxygen atoms in total. The number of nitrogens with one attached hydrogen (secondary N) is 2. The third kappa shape index (κ3) is 7.03. The van der Waals surface area contributed by atoms with Gasteiger partial charge in [-0.2, -0.15) is 0 Å². The summed E-state index contributed by atoms with van der Waals surface area (Å²) in [5, 5.41) is 2.89. The fraction of sp³-hybridized carbons (Fsp3) is 0.280. The Labute approximate surface area is 200 Å². The number of benzene rings is 2. The Kier molecular flexibility index (Phi) is 9.00. The van der Waals surface area contributed by atoms with Gasteiger partial charge in [-0.1, -0.05) is 61.9 Å². The van der Waals surface area contributed by atoms with E-state index >= 15 is 0 Å². The largest absolute Gasteiger partial charge is 0.467 e. The van der Waals surface area contributed by atoms with Gasteiger partial charge in [-0.05, 0) is 36.2 Å². The van der Waals surface area contributed by atoms with Crippen LogP contribution in [0, 0.1) is 0 Å². The van der Waals surface area contributed by atoms with E-state index in [9.17, 15) is 18.0 Å². The van der Waals surface area contributed by atoms with Crippen molar-refractivity contribution in [3.8, 4) is 0 Å². The van der Waals surface area contributed by atoms with E-state index in [1.807, 2.05) is 37.3 Å². The predicted octanol–water partition coefficient (Wildman–Crippen LogP) is 3.07. The second-order valence-electron chi connectivity index (χ2n) is 7.75. The fourth-order valence-electron chi connectivity index (χ4n) is 3.49. The highest BCUT2D eigenvalue weighted by atomic mass is 32.2. The summed E-state index contributed by atoms with van der Waals surface area (Å²) < 4.78 is 32.9. The topological polar surface area (TPSA) is 109 Å². The van der Waals surface area contributed by atoms with E-state index in [-0.39, 0.29) is 17.3 Å². The van der Waals surface area contributed by atoms with Crippen molar-refractivity contribution in [2.45, 2.75) is 43.8 Å². The van der Waals surface area contributed by atoms with Gasteiger partial charge in [0.25, 0.3) is 0 Å². The Morgan fingerprint density at radius 3 is 2.26 bits per heavy atom. The van der Waals surface area contributed by atoms with Crippen LogP contribution < -0.4 is 10.0 Å². The zero-order valence-electron chi connectivity index (χ0n) is 19.0. The molecule has 9 heteroatoms. The fourth-order valence-corrected chi connectivity index (χ4v) is 4.48. The Balaban J connectivity index is 1.76. The normalized spacial score (nSPS) is 12.1. The first-order valence-corrected chi connectivity index (χ1v) is 12.6. The van der Waals surface area contributed by atoms with Crippen molar-refractivity contribution >= 4 is 21.8 Å². The molecule has 2 amide bonds. The molecule has 2 N–H and O–H groups in total. The molecule has 2 aromatic carbocycles. The zero-order valence-corrected chi connectivity index (χ0v) is 19.8. The lowest BCUT2D eigenvalue weighted by Crippen LogP contribution is -2.51. The lowest BCUT2D eigenvalue weighted by molar-refractivity contribution is -0.141.